The number of rotatable bonds is 1. The molecule has 1 aromatic rings. The lowest BCUT2D eigenvalue weighted by atomic mass is 9.79. The molecular formula is C17H20N2O2. The average molecular weight is 284 g/mol. The number of ether oxygens (including phenoxy) is 1. The SMILES string of the molecule is COc1ccc2c(c1)CCN1C(=O)C3CCCN=C3CC21. The molecule has 4 heteroatoms. The zero-order valence-corrected chi connectivity index (χ0v) is 12.3. The molecule has 4 rings (SSSR count). The maximum atomic E-state index is 12.7. The van der Waals surface area contributed by atoms with Crippen molar-refractivity contribution in [3.8, 4) is 5.75 Å². The van der Waals surface area contributed by atoms with Gasteiger partial charge in [0.1, 0.15) is 5.75 Å². The Morgan fingerprint density at radius 1 is 1.38 bits per heavy atom. The van der Waals surface area contributed by atoms with Gasteiger partial charge in [0.05, 0.1) is 19.1 Å². The molecule has 1 saturated heterocycles. The molecule has 1 fully saturated rings. The number of carbonyl (C=O) groups excluding carboxylic acids is 1. The van der Waals surface area contributed by atoms with Gasteiger partial charge in [-0.15, -0.1) is 0 Å². The zero-order chi connectivity index (χ0) is 14.4. The second-order valence-corrected chi connectivity index (χ2v) is 6.13. The molecular weight excluding hydrogens is 264 g/mol. The van der Waals surface area contributed by atoms with Crippen LogP contribution in [0.15, 0.2) is 23.2 Å². The molecule has 0 radical (unpaired) electrons. The smallest absolute Gasteiger partial charge is 0.231 e. The van der Waals surface area contributed by atoms with Gasteiger partial charge >= 0.3 is 0 Å². The molecule has 0 saturated carbocycles. The van der Waals surface area contributed by atoms with Crippen molar-refractivity contribution in [3.05, 3.63) is 29.3 Å². The number of hydrogen-bond acceptors (Lipinski definition) is 3. The molecule has 3 aliphatic heterocycles. The molecule has 4 nitrogen and oxygen atoms in total. The third-order valence-corrected chi connectivity index (χ3v) is 5.06. The molecule has 2 unspecified atom stereocenters. The van der Waals surface area contributed by atoms with Gasteiger partial charge in [0.2, 0.25) is 5.91 Å². The Labute approximate surface area is 124 Å². The summed E-state index contributed by atoms with van der Waals surface area (Å²) in [5.74, 6) is 1.26. The standard InChI is InChI=1S/C17H20N2O2/c1-21-12-4-5-13-11(9-12)6-8-19-16(13)10-15-14(17(19)20)3-2-7-18-15/h4-5,9,14,16H,2-3,6-8,10H2,1H3. The van der Waals surface area contributed by atoms with Crippen LogP contribution in [0.4, 0.5) is 0 Å². The van der Waals surface area contributed by atoms with Crippen LogP contribution >= 0.6 is 0 Å². The molecule has 1 aromatic carbocycles. The van der Waals surface area contributed by atoms with E-state index >= 15 is 0 Å². The molecule has 2 atom stereocenters. The first kappa shape index (κ1) is 12.9. The Kier molecular flexibility index (Phi) is 2.98. The van der Waals surface area contributed by atoms with Crippen molar-refractivity contribution < 1.29 is 9.53 Å². The van der Waals surface area contributed by atoms with E-state index in [-0.39, 0.29) is 12.0 Å². The number of nitrogens with zero attached hydrogens (tertiary/aromatic N) is 2. The van der Waals surface area contributed by atoms with Crippen LogP contribution in [0.2, 0.25) is 0 Å². The number of aliphatic imine (C=N–C) groups is 1. The van der Waals surface area contributed by atoms with E-state index in [2.05, 4.69) is 22.0 Å². The van der Waals surface area contributed by atoms with Crippen LogP contribution in [0.5, 0.6) is 5.75 Å². The highest BCUT2D eigenvalue weighted by molar-refractivity contribution is 6.07. The predicted octanol–water partition coefficient (Wildman–Crippen LogP) is 2.38. The Hall–Kier alpha value is -1.84. The number of piperidine rings is 1. The number of methoxy groups -OCH3 is 1. The minimum Gasteiger partial charge on any atom is -0.497 e. The average Bonchev–Trinajstić information content (AvgIpc) is 2.54. The van der Waals surface area contributed by atoms with E-state index in [0.717, 1.165) is 50.2 Å². The first-order valence-corrected chi connectivity index (χ1v) is 7.78. The van der Waals surface area contributed by atoms with Gasteiger partial charge in [-0.05, 0) is 42.5 Å². The highest BCUT2D eigenvalue weighted by atomic mass is 16.5. The lowest BCUT2D eigenvalue weighted by Gasteiger charge is -2.44. The van der Waals surface area contributed by atoms with Crippen LogP contribution in [0.3, 0.4) is 0 Å². The van der Waals surface area contributed by atoms with Crippen molar-refractivity contribution in [2.75, 3.05) is 20.2 Å². The fraction of sp³-hybridized carbons (Fsp3) is 0.529. The van der Waals surface area contributed by atoms with Crippen molar-refractivity contribution in [1.82, 2.24) is 4.90 Å². The molecule has 0 bridgehead atoms. The summed E-state index contributed by atoms with van der Waals surface area (Å²) in [6.45, 7) is 1.72. The summed E-state index contributed by atoms with van der Waals surface area (Å²) >= 11 is 0. The van der Waals surface area contributed by atoms with Crippen molar-refractivity contribution in [3.63, 3.8) is 0 Å². The van der Waals surface area contributed by atoms with Crippen LogP contribution in [0.1, 0.15) is 36.4 Å². The van der Waals surface area contributed by atoms with E-state index in [1.807, 2.05) is 6.07 Å². The first-order valence-electron chi connectivity index (χ1n) is 7.78. The van der Waals surface area contributed by atoms with Crippen LogP contribution in [-0.2, 0) is 11.2 Å². The zero-order valence-electron chi connectivity index (χ0n) is 12.3. The summed E-state index contributed by atoms with van der Waals surface area (Å²) in [4.78, 5) is 19.5. The molecule has 1 amide bonds. The van der Waals surface area contributed by atoms with Crippen molar-refractivity contribution in [2.24, 2.45) is 10.9 Å². The maximum Gasteiger partial charge on any atom is 0.231 e. The van der Waals surface area contributed by atoms with Crippen LogP contribution < -0.4 is 4.74 Å². The van der Waals surface area contributed by atoms with Crippen LogP contribution in [0, 0.1) is 5.92 Å². The molecule has 21 heavy (non-hydrogen) atoms. The minimum absolute atomic E-state index is 0.0646. The van der Waals surface area contributed by atoms with Gasteiger partial charge < -0.3 is 9.64 Å². The summed E-state index contributed by atoms with van der Waals surface area (Å²) in [7, 11) is 1.70. The van der Waals surface area contributed by atoms with E-state index in [1.165, 1.54) is 11.1 Å². The summed E-state index contributed by atoms with van der Waals surface area (Å²) in [6.07, 6.45) is 3.87. The third kappa shape index (κ3) is 1.96. The Morgan fingerprint density at radius 2 is 2.29 bits per heavy atom. The molecule has 0 N–H and O–H groups in total. The topological polar surface area (TPSA) is 41.9 Å². The van der Waals surface area contributed by atoms with E-state index < -0.39 is 0 Å². The highest BCUT2D eigenvalue weighted by Gasteiger charge is 2.42. The number of amides is 1. The van der Waals surface area contributed by atoms with E-state index in [1.54, 1.807) is 7.11 Å². The second kappa shape index (κ2) is 4.86. The molecule has 3 heterocycles. The van der Waals surface area contributed by atoms with Gasteiger partial charge in [-0.1, -0.05) is 6.07 Å². The Bertz CT molecular complexity index is 623. The second-order valence-electron chi connectivity index (χ2n) is 6.13. The van der Waals surface area contributed by atoms with Crippen molar-refractivity contribution in [2.45, 2.75) is 31.7 Å². The first-order chi connectivity index (χ1) is 10.3. The minimum atomic E-state index is 0.0646. The van der Waals surface area contributed by atoms with Gasteiger partial charge in [0.15, 0.2) is 0 Å². The number of hydrogen-bond donors (Lipinski definition) is 0. The van der Waals surface area contributed by atoms with Crippen LogP contribution in [-0.4, -0.2) is 36.7 Å². The normalized spacial score (nSPS) is 27.4. The van der Waals surface area contributed by atoms with Crippen molar-refractivity contribution in [1.29, 1.82) is 0 Å². The number of benzene rings is 1. The molecule has 3 aliphatic rings. The Balaban J connectivity index is 1.73. The summed E-state index contributed by atoms with van der Waals surface area (Å²) in [5.41, 5.74) is 3.73. The van der Waals surface area contributed by atoms with Gasteiger partial charge in [-0.25, -0.2) is 0 Å². The third-order valence-electron chi connectivity index (χ3n) is 5.06. The molecule has 0 spiro atoms. The van der Waals surface area contributed by atoms with E-state index in [0.29, 0.717) is 5.91 Å². The van der Waals surface area contributed by atoms with Gasteiger partial charge in [0.25, 0.3) is 0 Å². The highest BCUT2D eigenvalue weighted by Crippen LogP contribution is 2.40. The van der Waals surface area contributed by atoms with Gasteiger partial charge in [0, 0.05) is 25.2 Å². The number of carbonyl (C=O) groups is 1. The largest absolute Gasteiger partial charge is 0.497 e. The predicted molar refractivity (Wildman–Crippen MR) is 80.8 cm³/mol. The van der Waals surface area contributed by atoms with Crippen molar-refractivity contribution >= 4 is 11.6 Å². The maximum absolute atomic E-state index is 12.7. The fourth-order valence-corrected chi connectivity index (χ4v) is 3.97. The molecule has 0 aliphatic carbocycles. The van der Waals surface area contributed by atoms with Gasteiger partial charge in [-0.2, -0.15) is 0 Å². The lowest BCUT2D eigenvalue weighted by molar-refractivity contribution is -0.138. The summed E-state index contributed by atoms with van der Waals surface area (Å²) in [6, 6.07) is 6.43. The molecule has 0 aromatic heterocycles. The summed E-state index contributed by atoms with van der Waals surface area (Å²) in [5, 5.41) is 0. The lowest BCUT2D eigenvalue weighted by Crippen LogP contribution is -2.51. The fourth-order valence-electron chi connectivity index (χ4n) is 3.97. The monoisotopic (exact) mass is 284 g/mol. The van der Waals surface area contributed by atoms with E-state index in [9.17, 15) is 4.79 Å². The Morgan fingerprint density at radius 3 is 3.14 bits per heavy atom. The quantitative estimate of drug-likeness (QED) is 0.794. The summed E-state index contributed by atoms with van der Waals surface area (Å²) < 4.78 is 5.32. The van der Waals surface area contributed by atoms with E-state index in [4.69, 9.17) is 4.74 Å². The van der Waals surface area contributed by atoms with Crippen LogP contribution in [0.25, 0.3) is 0 Å². The molecule has 110 valence electrons. The van der Waals surface area contributed by atoms with Gasteiger partial charge in [-0.3, -0.25) is 9.79 Å². The number of fused-ring (bicyclic) bond motifs is 4.